The Kier molecular flexibility index (Phi) is 3.68. The molecule has 0 bridgehead atoms. The van der Waals surface area contributed by atoms with E-state index in [4.69, 9.17) is 4.74 Å². The van der Waals surface area contributed by atoms with E-state index >= 15 is 0 Å². The minimum atomic E-state index is -3.80. The van der Waals surface area contributed by atoms with Crippen LogP contribution in [0.25, 0.3) is 0 Å². The quantitative estimate of drug-likeness (QED) is 0.828. The summed E-state index contributed by atoms with van der Waals surface area (Å²) in [5.41, 5.74) is 1.59. The normalized spacial score (nSPS) is 21.8. The fourth-order valence-electron chi connectivity index (χ4n) is 3.82. The fourth-order valence-corrected chi connectivity index (χ4v) is 5.52. The Balaban J connectivity index is 1.88. The number of hydrogen-bond acceptors (Lipinski definition) is 4. The van der Waals surface area contributed by atoms with Crippen molar-refractivity contribution < 1.29 is 17.9 Å². The van der Waals surface area contributed by atoms with Crippen LogP contribution in [0.3, 0.4) is 0 Å². The Bertz CT molecular complexity index is 914. The van der Waals surface area contributed by atoms with Crippen LogP contribution in [0.5, 0.6) is 0 Å². The molecule has 0 unspecified atom stereocenters. The van der Waals surface area contributed by atoms with Crippen LogP contribution in [-0.2, 0) is 14.8 Å². The number of sulfonamides is 1. The molecule has 0 aromatic heterocycles. The number of rotatable bonds is 2. The van der Waals surface area contributed by atoms with E-state index in [1.807, 2.05) is 18.2 Å². The summed E-state index contributed by atoms with van der Waals surface area (Å²) in [7, 11) is -2.48. The summed E-state index contributed by atoms with van der Waals surface area (Å²) in [6, 6.07) is 15.8. The number of carbonyl (C=O) groups excluding carboxylic acids is 1. The number of amides is 1. The number of methoxy groups -OCH3 is 1. The average molecular weight is 358 g/mol. The van der Waals surface area contributed by atoms with Crippen molar-refractivity contribution in [3.8, 4) is 0 Å². The van der Waals surface area contributed by atoms with Crippen molar-refractivity contribution >= 4 is 21.8 Å². The van der Waals surface area contributed by atoms with Crippen LogP contribution in [0.15, 0.2) is 59.5 Å². The fraction of sp³-hybridized carbons (Fsp3) is 0.278. The highest BCUT2D eigenvalue weighted by molar-refractivity contribution is 7.92. The summed E-state index contributed by atoms with van der Waals surface area (Å²) in [6.45, 7) is 0.469. The van der Waals surface area contributed by atoms with E-state index in [2.05, 4.69) is 0 Å². The summed E-state index contributed by atoms with van der Waals surface area (Å²) in [5.74, 6) is -0.0474. The van der Waals surface area contributed by atoms with Crippen molar-refractivity contribution in [1.29, 1.82) is 0 Å². The summed E-state index contributed by atoms with van der Waals surface area (Å²) in [5, 5.41) is 0. The van der Waals surface area contributed by atoms with Gasteiger partial charge in [0.15, 0.2) is 0 Å². The second kappa shape index (κ2) is 5.77. The molecule has 0 radical (unpaired) electrons. The number of anilines is 1. The molecule has 25 heavy (non-hydrogen) atoms. The van der Waals surface area contributed by atoms with Gasteiger partial charge in [-0.15, -0.1) is 0 Å². The minimum absolute atomic E-state index is 0.0474. The SMILES string of the molecule is COC(=O)N1CC[C@@H]2c3ccccc3N(S(=O)(=O)c3ccccc3)[C@@H]21. The highest BCUT2D eigenvalue weighted by Crippen LogP contribution is 2.49. The maximum atomic E-state index is 13.3. The van der Waals surface area contributed by atoms with Crippen LogP contribution >= 0.6 is 0 Å². The predicted octanol–water partition coefficient (Wildman–Crippen LogP) is 2.78. The van der Waals surface area contributed by atoms with Crippen LogP contribution in [0.2, 0.25) is 0 Å². The topological polar surface area (TPSA) is 66.9 Å². The van der Waals surface area contributed by atoms with Gasteiger partial charge in [0, 0.05) is 12.5 Å². The summed E-state index contributed by atoms with van der Waals surface area (Å²) < 4.78 is 32.9. The van der Waals surface area contributed by atoms with Crippen molar-refractivity contribution in [2.75, 3.05) is 18.0 Å². The Labute approximate surface area is 146 Å². The van der Waals surface area contributed by atoms with Crippen LogP contribution in [0, 0.1) is 0 Å². The number of carbonyl (C=O) groups is 1. The summed E-state index contributed by atoms with van der Waals surface area (Å²) in [4.78, 5) is 13.9. The highest BCUT2D eigenvalue weighted by Gasteiger charge is 2.52. The van der Waals surface area contributed by atoms with E-state index in [0.29, 0.717) is 18.7 Å². The number of benzene rings is 2. The first kappa shape index (κ1) is 16.0. The van der Waals surface area contributed by atoms with Gasteiger partial charge in [0.1, 0.15) is 6.17 Å². The third-order valence-electron chi connectivity index (χ3n) is 4.88. The number of hydrogen-bond donors (Lipinski definition) is 0. The molecule has 2 atom stereocenters. The second-order valence-electron chi connectivity index (χ2n) is 6.14. The number of likely N-dealkylation sites (tertiary alicyclic amines) is 1. The van der Waals surface area contributed by atoms with Crippen LogP contribution < -0.4 is 4.31 Å². The number of fused-ring (bicyclic) bond motifs is 3. The molecule has 6 nitrogen and oxygen atoms in total. The van der Waals surface area contributed by atoms with E-state index in [-0.39, 0.29) is 10.8 Å². The zero-order chi connectivity index (χ0) is 17.6. The maximum absolute atomic E-state index is 13.3. The van der Waals surface area contributed by atoms with Gasteiger partial charge in [0.05, 0.1) is 17.7 Å². The summed E-state index contributed by atoms with van der Waals surface area (Å²) in [6.07, 6.45) is -0.388. The smallest absolute Gasteiger partial charge is 0.411 e. The molecule has 2 aliphatic heterocycles. The van der Waals surface area contributed by atoms with Crippen molar-refractivity contribution in [2.24, 2.45) is 0 Å². The van der Waals surface area contributed by atoms with Gasteiger partial charge in [-0.2, -0.15) is 0 Å². The molecule has 2 heterocycles. The van der Waals surface area contributed by atoms with Gasteiger partial charge in [0.25, 0.3) is 10.0 Å². The van der Waals surface area contributed by atoms with Crippen molar-refractivity contribution in [3.63, 3.8) is 0 Å². The zero-order valence-corrected chi connectivity index (χ0v) is 14.5. The maximum Gasteiger partial charge on any atom is 0.411 e. The van der Waals surface area contributed by atoms with Crippen molar-refractivity contribution in [3.05, 3.63) is 60.2 Å². The van der Waals surface area contributed by atoms with E-state index in [0.717, 1.165) is 5.56 Å². The Hall–Kier alpha value is -2.54. The predicted molar refractivity (Wildman–Crippen MR) is 92.8 cm³/mol. The monoisotopic (exact) mass is 358 g/mol. The number of nitrogens with zero attached hydrogens (tertiary/aromatic N) is 2. The van der Waals surface area contributed by atoms with Gasteiger partial charge in [-0.25, -0.2) is 17.5 Å². The van der Waals surface area contributed by atoms with Crippen LogP contribution in [-0.4, -0.2) is 39.2 Å². The molecule has 1 saturated heterocycles. The third-order valence-corrected chi connectivity index (χ3v) is 6.68. The van der Waals surface area contributed by atoms with Crippen molar-refractivity contribution in [2.45, 2.75) is 23.4 Å². The van der Waals surface area contributed by atoms with Gasteiger partial charge in [-0.1, -0.05) is 36.4 Å². The highest BCUT2D eigenvalue weighted by atomic mass is 32.2. The molecule has 2 aromatic rings. The molecular formula is C18H18N2O4S. The zero-order valence-electron chi connectivity index (χ0n) is 13.7. The van der Waals surface area contributed by atoms with Gasteiger partial charge < -0.3 is 4.74 Å². The molecule has 2 aromatic carbocycles. The Morgan fingerprint density at radius 2 is 1.76 bits per heavy atom. The first-order chi connectivity index (χ1) is 12.1. The molecule has 4 rings (SSSR count). The van der Waals surface area contributed by atoms with E-state index < -0.39 is 22.3 Å². The lowest BCUT2D eigenvalue weighted by Crippen LogP contribution is -2.49. The van der Waals surface area contributed by atoms with Gasteiger partial charge >= 0.3 is 6.09 Å². The number of ether oxygens (including phenoxy) is 1. The van der Waals surface area contributed by atoms with Gasteiger partial charge in [0.2, 0.25) is 0 Å². The minimum Gasteiger partial charge on any atom is -0.453 e. The lowest BCUT2D eigenvalue weighted by molar-refractivity contribution is 0.120. The number of para-hydroxylation sites is 1. The molecule has 0 aliphatic carbocycles. The van der Waals surface area contributed by atoms with Crippen molar-refractivity contribution in [1.82, 2.24) is 4.90 Å². The Morgan fingerprint density at radius 3 is 2.48 bits per heavy atom. The van der Waals surface area contributed by atoms with E-state index in [9.17, 15) is 13.2 Å². The third kappa shape index (κ3) is 2.30. The molecular weight excluding hydrogens is 340 g/mol. The molecule has 7 heteroatoms. The van der Waals surface area contributed by atoms with Gasteiger partial charge in [-0.05, 0) is 30.2 Å². The van der Waals surface area contributed by atoms with E-state index in [1.54, 1.807) is 36.4 Å². The molecule has 0 spiro atoms. The molecule has 0 saturated carbocycles. The molecule has 2 aliphatic rings. The lowest BCUT2D eigenvalue weighted by atomic mass is 9.99. The molecule has 0 N–H and O–H groups in total. The Morgan fingerprint density at radius 1 is 1.08 bits per heavy atom. The van der Waals surface area contributed by atoms with E-state index in [1.165, 1.54) is 16.3 Å². The molecule has 1 fully saturated rings. The van der Waals surface area contributed by atoms with Crippen LogP contribution in [0.1, 0.15) is 17.9 Å². The van der Waals surface area contributed by atoms with Gasteiger partial charge in [-0.3, -0.25) is 4.90 Å². The molecule has 130 valence electrons. The largest absolute Gasteiger partial charge is 0.453 e. The standard InChI is InChI=1S/C18H18N2O4S/c1-24-18(21)19-12-11-15-14-9-5-6-10-16(14)20(17(15)19)25(22,23)13-7-3-2-4-8-13/h2-10,15,17H,11-12H2,1H3/t15-,17+/m1/s1. The lowest BCUT2D eigenvalue weighted by Gasteiger charge is -2.32. The first-order valence-electron chi connectivity index (χ1n) is 8.08. The van der Waals surface area contributed by atoms with Crippen LogP contribution in [0.4, 0.5) is 10.5 Å². The first-order valence-corrected chi connectivity index (χ1v) is 9.52. The molecule has 1 amide bonds. The second-order valence-corrected chi connectivity index (χ2v) is 7.96. The summed E-state index contributed by atoms with van der Waals surface area (Å²) >= 11 is 0. The average Bonchev–Trinajstić information content (AvgIpc) is 3.20.